The van der Waals surface area contributed by atoms with Crippen LogP contribution in [0.3, 0.4) is 0 Å². The summed E-state index contributed by atoms with van der Waals surface area (Å²) in [4.78, 5) is 18.6. The number of aliphatic hydroxyl groups is 1. The van der Waals surface area contributed by atoms with Crippen LogP contribution in [0.15, 0.2) is 71.9 Å². The third-order valence-electron chi connectivity index (χ3n) is 4.67. The predicted molar refractivity (Wildman–Crippen MR) is 104 cm³/mol. The van der Waals surface area contributed by atoms with Gasteiger partial charge in [0.1, 0.15) is 5.82 Å². The molecule has 7 heteroatoms. The van der Waals surface area contributed by atoms with E-state index in [0.717, 1.165) is 28.0 Å². The Kier molecular flexibility index (Phi) is 5.01. The monoisotopic (exact) mass is 378 g/mol. The van der Waals surface area contributed by atoms with Gasteiger partial charge in [0.25, 0.3) is 0 Å². The topological polar surface area (TPSA) is 81.2 Å². The van der Waals surface area contributed by atoms with E-state index in [-0.39, 0.29) is 24.0 Å². The molecule has 3 aromatic rings. The highest BCUT2D eigenvalue weighted by Gasteiger charge is 2.33. The number of H-pyrrole nitrogens is 1. The number of aromatic nitrogens is 2. The van der Waals surface area contributed by atoms with Crippen LogP contribution in [-0.2, 0) is 0 Å². The molecule has 6 nitrogen and oxygen atoms in total. The van der Waals surface area contributed by atoms with E-state index in [2.05, 4.69) is 15.4 Å². The number of pyridine rings is 2. The van der Waals surface area contributed by atoms with Gasteiger partial charge in [-0.05, 0) is 41.5 Å². The lowest BCUT2D eigenvalue weighted by Gasteiger charge is -2.23. The molecule has 28 heavy (non-hydrogen) atoms. The number of hydrogen-bond acceptors (Lipinski definition) is 5. The number of β-amino-alcohol motifs (C(OH)–C–C–N with tert-alkyl or cyclic N) is 1. The highest BCUT2D eigenvalue weighted by molar-refractivity contribution is 5.94. The molecule has 0 amide bonds. The maximum absolute atomic E-state index is 13.5. The van der Waals surface area contributed by atoms with Crippen LogP contribution < -0.4 is 11.0 Å². The van der Waals surface area contributed by atoms with Gasteiger partial charge in [-0.2, -0.15) is 0 Å². The predicted octanol–water partition coefficient (Wildman–Crippen LogP) is 2.33. The lowest BCUT2D eigenvalue weighted by atomic mass is 9.91. The number of halogens is 1. The normalized spacial score (nSPS) is 16.6. The molecule has 1 aliphatic heterocycles. The maximum atomic E-state index is 13.5. The quantitative estimate of drug-likeness (QED) is 0.635. The number of benzene rings is 1. The van der Waals surface area contributed by atoms with Gasteiger partial charge in [0.2, 0.25) is 5.56 Å². The molecule has 0 aliphatic carbocycles. The van der Waals surface area contributed by atoms with Crippen LogP contribution in [0.4, 0.5) is 4.39 Å². The molecule has 0 saturated carbocycles. The van der Waals surface area contributed by atoms with Crippen LogP contribution in [-0.4, -0.2) is 33.2 Å². The van der Waals surface area contributed by atoms with E-state index in [1.165, 1.54) is 18.2 Å². The number of aliphatic hydroxyl groups excluding tert-OH is 1. The van der Waals surface area contributed by atoms with E-state index in [1.807, 2.05) is 23.2 Å². The molecule has 1 aliphatic rings. The van der Waals surface area contributed by atoms with Crippen molar-refractivity contribution in [3.63, 3.8) is 0 Å². The molecule has 142 valence electrons. The maximum Gasteiger partial charge on any atom is 0.248 e. The minimum atomic E-state index is -0.307. The van der Waals surface area contributed by atoms with Crippen molar-refractivity contribution in [1.82, 2.24) is 20.4 Å². The summed E-state index contributed by atoms with van der Waals surface area (Å²) < 4.78 is 13.5. The number of hydrazine groups is 1. The third kappa shape index (κ3) is 3.45. The number of rotatable bonds is 5. The molecular formula is C21H19FN4O2. The van der Waals surface area contributed by atoms with Gasteiger partial charge in [0.15, 0.2) is 0 Å². The van der Waals surface area contributed by atoms with E-state index in [9.17, 15) is 14.3 Å². The van der Waals surface area contributed by atoms with E-state index < -0.39 is 0 Å². The van der Waals surface area contributed by atoms with Crippen molar-refractivity contribution in [3.05, 3.63) is 100.0 Å². The van der Waals surface area contributed by atoms with Crippen molar-refractivity contribution in [3.8, 4) is 0 Å². The van der Waals surface area contributed by atoms with Crippen molar-refractivity contribution in [1.29, 1.82) is 0 Å². The first-order chi connectivity index (χ1) is 13.7. The van der Waals surface area contributed by atoms with Crippen molar-refractivity contribution in [2.45, 2.75) is 6.04 Å². The number of hydrogen-bond donors (Lipinski definition) is 3. The van der Waals surface area contributed by atoms with Gasteiger partial charge in [0, 0.05) is 35.8 Å². The van der Waals surface area contributed by atoms with Crippen LogP contribution in [0.2, 0.25) is 0 Å². The number of nitrogens with zero attached hydrogens (tertiary/aromatic N) is 2. The molecular weight excluding hydrogens is 359 g/mol. The highest BCUT2D eigenvalue weighted by atomic mass is 19.1. The number of aromatic amines is 1. The summed E-state index contributed by atoms with van der Waals surface area (Å²) in [6.45, 7) is 0.258. The van der Waals surface area contributed by atoms with Crippen molar-refractivity contribution >= 4 is 11.3 Å². The summed E-state index contributed by atoms with van der Waals surface area (Å²) in [5.74, 6) is -0.307. The Balaban J connectivity index is 1.95. The lowest BCUT2D eigenvalue weighted by Crippen LogP contribution is -2.35. The van der Waals surface area contributed by atoms with Gasteiger partial charge < -0.3 is 15.1 Å². The largest absolute Gasteiger partial charge is 0.394 e. The third-order valence-corrected chi connectivity index (χ3v) is 4.67. The van der Waals surface area contributed by atoms with Crippen molar-refractivity contribution < 1.29 is 9.50 Å². The SMILES string of the molecule is O=c1cc(C2=C(c3ccncc3)C(c3ccc(F)cc3)NN2CCO)cc[nH]1. The van der Waals surface area contributed by atoms with Gasteiger partial charge in [-0.1, -0.05) is 12.1 Å². The lowest BCUT2D eigenvalue weighted by molar-refractivity contribution is 0.207. The Hall–Kier alpha value is -3.29. The molecule has 0 fully saturated rings. The van der Waals surface area contributed by atoms with Crippen LogP contribution in [0.5, 0.6) is 0 Å². The molecule has 1 aromatic carbocycles. The highest BCUT2D eigenvalue weighted by Crippen LogP contribution is 2.42. The Morgan fingerprint density at radius 2 is 1.82 bits per heavy atom. The first kappa shape index (κ1) is 18.1. The molecule has 4 rings (SSSR count). The summed E-state index contributed by atoms with van der Waals surface area (Å²) in [6.07, 6.45) is 5.00. The molecule has 0 saturated heterocycles. The first-order valence-corrected chi connectivity index (χ1v) is 8.91. The van der Waals surface area contributed by atoms with Crippen molar-refractivity contribution in [2.75, 3.05) is 13.2 Å². The van der Waals surface area contributed by atoms with Gasteiger partial charge in [-0.25, -0.2) is 9.82 Å². The van der Waals surface area contributed by atoms with Gasteiger partial charge in [-0.15, -0.1) is 0 Å². The fourth-order valence-electron chi connectivity index (χ4n) is 3.48. The average Bonchev–Trinajstić information content (AvgIpc) is 3.09. The molecule has 0 radical (unpaired) electrons. The summed E-state index contributed by atoms with van der Waals surface area (Å²) in [6, 6.07) is 13.1. The summed E-state index contributed by atoms with van der Waals surface area (Å²) in [7, 11) is 0. The molecule has 3 heterocycles. The second kappa shape index (κ2) is 7.75. The van der Waals surface area contributed by atoms with E-state index in [1.54, 1.807) is 30.7 Å². The smallest absolute Gasteiger partial charge is 0.248 e. The Bertz CT molecular complexity index is 1050. The van der Waals surface area contributed by atoms with Crippen LogP contribution in [0.25, 0.3) is 11.3 Å². The van der Waals surface area contributed by atoms with E-state index >= 15 is 0 Å². The number of nitrogens with one attached hydrogen (secondary N) is 2. The zero-order valence-corrected chi connectivity index (χ0v) is 15.0. The van der Waals surface area contributed by atoms with Gasteiger partial charge >= 0.3 is 0 Å². The molecule has 1 atom stereocenters. The van der Waals surface area contributed by atoms with Gasteiger partial charge in [-0.3, -0.25) is 9.78 Å². The summed E-state index contributed by atoms with van der Waals surface area (Å²) in [5.41, 5.74) is 7.41. The average molecular weight is 378 g/mol. The molecule has 0 bridgehead atoms. The van der Waals surface area contributed by atoms with Crippen molar-refractivity contribution in [2.24, 2.45) is 0 Å². The zero-order chi connectivity index (χ0) is 19.5. The molecule has 3 N–H and O–H groups in total. The minimum Gasteiger partial charge on any atom is -0.394 e. The standard InChI is InChI=1S/C21H19FN4O2/c22-17-3-1-15(2-4-17)20-19(14-5-8-23-9-6-14)21(26(25-20)11-12-27)16-7-10-24-18(28)13-16/h1-10,13,20,25,27H,11-12H2,(H,24,28). The Morgan fingerprint density at radius 1 is 1.07 bits per heavy atom. The van der Waals surface area contributed by atoms with Gasteiger partial charge in [0.05, 0.1) is 24.9 Å². The van der Waals surface area contributed by atoms with E-state index in [4.69, 9.17) is 0 Å². The van der Waals surface area contributed by atoms with Crippen LogP contribution in [0, 0.1) is 5.82 Å². The fraction of sp³-hybridized carbons (Fsp3) is 0.143. The Morgan fingerprint density at radius 3 is 2.50 bits per heavy atom. The fourth-order valence-corrected chi connectivity index (χ4v) is 3.48. The van der Waals surface area contributed by atoms with E-state index in [0.29, 0.717) is 6.54 Å². The molecule has 0 spiro atoms. The first-order valence-electron chi connectivity index (χ1n) is 8.91. The Labute approximate surface area is 161 Å². The molecule has 1 unspecified atom stereocenters. The van der Waals surface area contributed by atoms with Crippen LogP contribution >= 0.6 is 0 Å². The summed E-state index contributed by atoms with van der Waals surface area (Å²) >= 11 is 0. The minimum absolute atomic E-state index is 0.0700. The zero-order valence-electron chi connectivity index (χ0n) is 15.0. The second-order valence-electron chi connectivity index (χ2n) is 6.43. The van der Waals surface area contributed by atoms with Crippen LogP contribution in [0.1, 0.15) is 22.7 Å². The molecule has 2 aromatic heterocycles. The second-order valence-corrected chi connectivity index (χ2v) is 6.43. The summed E-state index contributed by atoms with van der Waals surface area (Å²) in [5, 5.41) is 11.4.